The highest BCUT2D eigenvalue weighted by Crippen LogP contribution is 2.27. The molecule has 0 aliphatic heterocycles. The van der Waals surface area contributed by atoms with E-state index in [4.69, 9.17) is 4.74 Å². The summed E-state index contributed by atoms with van der Waals surface area (Å²) in [5.74, 6) is 0.334. The van der Waals surface area contributed by atoms with Crippen molar-refractivity contribution in [2.75, 3.05) is 20.3 Å². The lowest BCUT2D eigenvalue weighted by Gasteiger charge is -2.14. The normalized spacial score (nSPS) is 12.4. The second-order valence-corrected chi connectivity index (χ2v) is 9.27. The number of aromatic nitrogens is 4. The number of amides is 1. The molecule has 0 aliphatic carbocycles. The summed E-state index contributed by atoms with van der Waals surface area (Å²) in [5.41, 5.74) is 3.39. The SMILES string of the molecule is COCCCNC(=O)C(C)Sc1nnc2n(-c3ccc(C)cc3C)c(=O)c3ccccc3n12. The van der Waals surface area contributed by atoms with Crippen LogP contribution in [0.4, 0.5) is 0 Å². The molecule has 172 valence electrons. The van der Waals surface area contributed by atoms with Gasteiger partial charge in [-0.15, -0.1) is 10.2 Å². The van der Waals surface area contributed by atoms with E-state index in [1.165, 1.54) is 11.8 Å². The van der Waals surface area contributed by atoms with Crippen molar-refractivity contribution in [1.29, 1.82) is 0 Å². The van der Waals surface area contributed by atoms with Gasteiger partial charge in [-0.2, -0.15) is 0 Å². The number of nitrogens with one attached hydrogen (secondary N) is 1. The van der Waals surface area contributed by atoms with E-state index in [1.54, 1.807) is 17.7 Å². The molecule has 2 aromatic heterocycles. The van der Waals surface area contributed by atoms with E-state index in [0.717, 1.165) is 23.2 Å². The van der Waals surface area contributed by atoms with Gasteiger partial charge in [-0.3, -0.25) is 14.0 Å². The number of benzene rings is 2. The number of carbonyl (C=O) groups is 1. The number of para-hydroxylation sites is 1. The number of fused-ring (bicyclic) bond motifs is 3. The maximum atomic E-state index is 13.5. The molecule has 0 fully saturated rings. The first kappa shape index (κ1) is 23.0. The fourth-order valence-electron chi connectivity index (χ4n) is 3.81. The average Bonchev–Trinajstić information content (AvgIpc) is 3.21. The van der Waals surface area contributed by atoms with E-state index in [1.807, 2.05) is 61.6 Å². The van der Waals surface area contributed by atoms with E-state index < -0.39 is 0 Å². The molecule has 4 rings (SSSR count). The van der Waals surface area contributed by atoms with Crippen LogP contribution in [0.15, 0.2) is 52.4 Å². The molecule has 33 heavy (non-hydrogen) atoms. The van der Waals surface area contributed by atoms with Crippen LogP contribution in [0, 0.1) is 13.8 Å². The van der Waals surface area contributed by atoms with Crippen molar-refractivity contribution >= 4 is 34.3 Å². The number of methoxy groups -OCH3 is 1. The lowest BCUT2D eigenvalue weighted by molar-refractivity contribution is -0.120. The van der Waals surface area contributed by atoms with Crippen LogP contribution in [0.1, 0.15) is 24.5 Å². The predicted molar refractivity (Wildman–Crippen MR) is 130 cm³/mol. The number of nitrogens with zero attached hydrogens (tertiary/aromatic N) is 4. The molecule has 1 atom stereocenters. The molecule has 0 spiro atoms. The maximum absolute atomic E-state index is 13.5. The predicted octanol–water partition coefficient (Wildman–Crippen LogP) is 3.28. The van der Waals surface area contributed by atoms with Gasteiger partial charge in [0.15, 0.2) is 5.16 Å². The van der Waals surface area contributed by atoms with Gasteiger partial charge in [-0.25, -0.2) is 4.57 Å². The molecule has 1 N–H and O–H groups in total. The lowest BCUT2D eigenvalue weighted by Crippen LogP contribution is -2.32. The first-order chi connectivity index (χ1) is 15.9. The third-order valence-electron chi connectivity index (χ3n) is 5.46. The Hall–Kier alpha value is -3.17. The molecule has 0 radical (unpaired) electrons. The lowest BCUT2D eigenvalue weighted by atomic mass is 10.1. The summed E-state index contributed by atoms with van der Waals surface area (Å²) in [6, 6.07) is 13.3. The zero-order valence-corrected chi connectivity index (χ0v) is 20.0. The van der Waals surface area contributed by atoms with Gasteiger partial charge in [0.2, 0.25) is 11.7 Å². The van der Waals surface area contributed by atoms with Crippen LogP contribution in [0.25, 0.3) is 22.4 Å². The summed E-state index contributed by atoms with van der Waals surface area (Å²) in [6.45, 7) is 6.97. The van der Waals surface area contributed by atoms with Gasteiger partial charge >= 0.3 is 0 Å². The number of rotatable bonds is 8. The highest BCUT2D eigenvalue weighted by Gasteiger charge is 2.22. The summed E-state index contributed by atoms with van der Waals surface area (Å²) in [4.78, 5) is 26.1. The number of carbonyl (C=O) groups excluding carboxylic acids is 1. The van der Waals surface area contributed by atoms with Crippen molar-refractivity contribution < 1.29 is 9.53 Å². The van der Waals surface area contributed by atoms with E-state index in [2.05, 4.69) is 15.5 Å². The minimum absolute atomic E-state index is 0.0835. The molecule has 0 saturated carbocycles. The van der Waals surface area contributed by atoms with Crippen molar-refractivity contribution in [2.45, 2.75) is 37.6 Å². The fraction of sp³-hybridized carbons (Fsp3) is 0.333. The number of hydrogen-bond donors (Lipinski definition) is 1. The van der Waals surface area contributed by atoms with Crippen molar-refractivity contribution in [2.24, 2.45) is 0 Å². The Bertz CT molecular complexity index is 1380. The quantitative estimate of drug-likeness (QED) is 0.317. The van der Waals surface area contributed by atoms with Gasteiger partial charge in [0.05, 0.1) is 21.8 Å². The Balaban J connectivity index is 1.80. The van der Waals surface area contributed by atoms with Crippen LogP contribution in [0.3, 0.4) is 0 Å². The second kappa shape index (κ2) is 9.76. The third-order valence-corrected chi connectivity index (χ3v) is 6.51. The van der Waals surface area contributed by atoms with E-state index in [-0.39, 0.29) is 16.7 Å². The maximum Gasteiger partial charge on any atom is 0.267 e. The Morgan fingerprint density at radius 3 is 2.73 bits per heavy atom. The van der Waals surface area contributed by atoms with Crippen molar-refractivity contribution in [1.82, 2.24) is 24.5 Å². The molecule has 0 aliphatic rings. The molecule has 2 aromatic carbocycles. The minimum atomic E-state index is -0.389. The molecule has 0 bridgehead atoms. The number of hydrogen-bond acceptors (Lipinski definition) is 6. The Labute approximate surface area is 196 Å². The Morgan fingerprint density at radius 1 is 1.18 bits per heavy atom. The topological polar surface area (TPSA) is 90.5 Å². The monoisotopic (exact) mass is 465 g/mol. The van der Waals surface area contributed by atoms with Gasteiger partial charge in [-0.1, -0.05) is 41.6 Å². The van der Waals surface area contributed by atoms with Crippen LogP contribution < -0.4 is 10.9 Å². The van der Waals surface area contributed by atoms with Gasteiger partial charge < -0.3 is 10.1 Å². The van der Waals surface area contributed by atoms with Gasteiger partial charge in [-0.05, 0) is 51.0 Å². The highest BCUT2D eigenvalue weighted by atomic mass is 32.2. The minimum Gasteiger partial charge on any atom is -0.385 e. The van der Waals surface area contributed by atoms with Crippen molar-refractivity contribution in [3.05, 3.63) is 63.9 Å². The zero-order valence-electron chi connectivity index (χ0n) is 19.2. The molecule has 1 amide bonds. The summed E-state index contributed by atoms with van der Waals surface area (Å²) in [6.07, 6.45) is 0.750. The van der Waals surface area contributed by atoms with Gasteiger partial charge in [0, 0.05) is 20.3 Å². The number of ether oxygens (including phenoxy) is 1. The van der Waals surface area contributed by atoms with Gasteiger partial charge in [0.25, 0.3) is 5.56 Å². The standard InChI is InChI=1S/C24H27N5O3S/c1-15-10-11-19(16(2)14-15)28-22(31)18-8-5-6-9-20(18)29-23(28)26-27-24(29)33-17(3)21(30)25-12-7-13-32-4/h5-6,8-11,14,17H,7,12-13H2,1-4H3,(H,25,30). The van der Waals surface area contributed by atoms with Gasteiger partial charge in [0.1, 0.15) is 0 Å². The molecule has 9 heteroatoms. The second-order valence-electron chi connectivity index (χ2n) is 7.96. The summed E-state index contributed by atoms with van der Waals surface area (Å²) in [5, 5.41) is 12.4. The van der Waals surface area contributed by atoms with Crippen LogP contribution in [-0.2, 0) is 9.53 Å². The first-order valence-corrected chi connectivity index (χ1v) is 11.7. The van der Waals surface area contributed by atoms with Crippen LogP contribution in [0.2, 0.25) is 0 Å². The molecular weight excluding hydrogens is 438 g/mol. The van der Waals surface area contributed by atoms with Crippen LogP contribution in [-0.4, -0.2) is 50.6 Å². The summed E-state index contributed by atoms with van der Waals surface area (Å²) < 4.78 is 8.48. The first-order valence-electron chi connectivity index (χ1n) is 10.8. The highest BCUT2D eigenvalue weighted by molar-refractivity contribution is 8.00. The smallest absolute Gasteiger partial charge is 0.267 e. The van der Waals surface area contributed by atoms with Crippen molar-refractivity contribution in [3.63, 3.8) is 0 Å². The molecule has 0 saturated heterocycles. The molecule has 1 unspecified atom stereocenters. The summed E-state index contributed by atoms with van der Waals surface area (Å²) in [7, 11) is 1.64. The Morgan fingerprint density at radius 2 is 1.97 bits per heavy atom. The van der Waals surface area contributed by atoms with E-state index in [0.29, 0.717) is 35.0 Å². The molecule has 8 nitrogen and oxygen atoms in total. The van der Waals surface area contributed by atoms with Crippen LogP contribution in [0.5, 0.6) is 0 Å². The molecule has 2 heterocycles. The Kier molecular flexibility index (Phi) is 6.80. The summed E-state index contributed by atoms with van der Waals surface area (Å²) >= 11 is 1.31. The number of thioether (sulfide) groups is 1. The number of aryl methyl sites for hydroxylation is 2. The third kappa shape index (κ3) is 4.51. The van der Waals surface area contributed by atoms with E-state index in [9.17, 15) is 9.59 Å². The fourth-order valence-corrected chi connectivity index (χ4v) is 4.69. The largest absolute Gasteiger partial charge is 0.385 e. The molecular formula is C24H27N5O3S. The average molecular weight is 466 g/mol. The van der Waals surface area contributed by atoms with E-state index >= 15 is 0 Å². The van der Waals surface area contributed by atoms with Crippen LogP contribution >= 0.6 is 11.8 Å². The molecule has 4 aromatic rings. The van der Waals surface area contributed by atoms with Crippen molar-refractivity contribution in [3.8, 4) is 5.69 Å². The zero-order chi connectivity index (χ0) is 23.5.